The van der Waals surface area contributed by atoms with E-state index >= 15 is 0 Å². The molecule has 2 bridgehead atoms. The number of benzene rings is 1. The van der Waals surface area contributed by atoms with Crippen LogP contribution in [0.1, 0.15) is 12.0 Å². The fourth-order valence-corrected chi connectivity index (χ4v) is 3.60. The molecule has 0 spiro atoms. The van der Waals surface area contributed by atoms with E-state index in [-0.39, 0.29) is 0 Å². The summed E-state index contributed by atoms with van der Waals surface area (Å²) in [4.78, 5) is 9.29. The highest BCUT2D eigenvalue weighted by atomic mass is 19.4. The first-order chi connectivity index (χ1) is 11.5. The Kier molecular flexibility index (Phi) is 3.72. The molecule has 126 valence electrons. The van der Waals surface area contributed by atoms with E-state index in [1.807, 2.05) is 12.1 Å². The Hall–Kier alpha value is -2.08. The summed E-state index contributed by atoms with van der Waals surface area (Å²) in [5.41, 5.74) is 0.607. The number of rotatable bonds is 2. The zero-order valence-corrected chi connectivity index (χ0v) is 13.1. The number of alkyl halides is 3. The molecule has 0 amide bonds. The van der Waals surface area contributed by atoms with Crippen LogP contribution in [0, 0.1) is 0 Å². The predicted octanol–water partition coefficient (Wildman–Crippen LogP) is 3.66. The van der Waals surface area contributed by atoms with Crippen molar-refractivity contribution in [1.29, 1.82) is 0 Å². The Balaban J connectivity index is 1.58. The van der Waals surface area contributed by atoms with Gasteiger partial charge in [0.1, 0.15) is 5.82 Å². The number of halogens is 3. The Labute approximate surface area is 138 Å². The quantitative estimate of drug-likeness (QED) is 0.836. The summed E-state index contributed by atoms with van der Waals surface area (Å²) in [6.07, 6.45) is -1.51. The predicted molar refractivity (Wildman–Crippen MR) is 86.9 cm³/mol. The van der Waals surface area contributed by atoms with E-state index in [1.54, 1.807) is 12.3 Å². The first kappa shape index (κ1) is 15.4. The second kappa shape index (κ2) is 5.77. The number of hydrogen-bond donors (Lipinski definition) is 0. The van der Waals surface area contributed by atoms with Crippen LogP contribution in [0.3, 0.4) is 0 Å². The van der Waals surface area contributed by atoms with Gasteiger partial charge in [-0.25, -0.2) is 4.98 Å². The molecule has 2 aliphatic rings. The van der Waals surface area contributed by atoms with Crippen molar-refractivity contribution in [2.45, 2.75) is 18.6 Å². The highest BCUT2D eigenvalue weighted by molar-refractivity contribution is 5.65. The van der Waals surface area contributed by atoms with E-state index in [2.05, 4.69) is 14.8 Å². The molecule has 1 aromatic carbocycles. The van der Waals surface area contributed by atoms with E-state index in [0.717, 1.165) is 44.5 Å². The molecule has 0 N–H and O–H groups in total. The molecular formula is C18H18F3N3. The van der Waals surface area contributed by atoms with Crippen LogP contribution >= 0.6 is 0 Å². The van der Waals surface area contributed by atoms with Gasteiger partial charge in [0.2, 0.25) is 0 Å². The number of pyridine rings is 1. The van der Waals surface area contributed by atoms with Crippen LogP contribution in [-0.2, 0) is 6.18 Å². The molecule has 2 fully saturated rings. The number of aromatic nitrogens is 1. The summed E-state index contributed by atoms with van der Waals surface area (Å²) in [5.74, 6) is 0.914. The number of hydrogen-bond acceptors (Lipinski definition) is 3. The van der Waals surface area contributed by atoms with Gasteiger partial charge in [0.25, 0.3) is 0 Å². The molecular weight excluding hydrogens is 315 g/mol. The van der Waals surface area contributed by atoms with Gasteiger partial charge < -0.3 is 4.90 Å². The molecule has 24 heavy (non-hydrogen) atoms. The van der Waals surface area contributed by atoms with Crippen LogP contribution in [0.25, 0.3) is 11.1 Å². The van der Waals surface area contributed by atoms with Crippen molar-refractivity contribution >= 4 is 5.82 Å². The van der Waals surface area contributed by atoms with Gasteiger partial charge in [0.15, 0.2) is 0 Å². The summed E-state index contributed by atoms with van der Waals surface area (Å²) >= 11 is 0. The third-order valence-corrected chi connectivity index (χ3v) is 4.91. The zero-order valence-electron chi connectivity index (χ0n) is 13.1. The minimum absolute atomic E-state index is 0.505. The van der Waals surface area contributed by atoms with E-state index in [4.69, 9.17) is 0 Å². The van der Waals surface area contributed by atoms with Crippen LogP contribution in [0.4, 0.5) is 19.0 Å². The SMILES string of the molecule is FC(F)(F)c1cccc(-c2ccc(N3CCN4CCC3C4)nc2)c1. The van der Waals surface area contributed by atoms with Crippen molar-refractivity contribution in [2.75, 3.05) is 31.1 Å². The third kappa shape index (κ3) is 2.86. The Morgan fingerprint density at radius 2 is 1.88 bits per heavy atom. The van der Waals surface area contributed by atoms with Crippen molar-refractivity contribution in [1.82, 2.24) is 9.88 Å². The van der Waals surface area contributed by atoms with Gasteiger partial charge in [0, 0.05) is 44.0 Å². The first-order valence-electron chi connectivity index (χ1n) is 8.13. The summed E-state index contributed by atoms with van der Waals surface area (Å²) in [5, 5.41) is 0. The molecule has 4 rings (SSSR count). The van der Waals surface area contributed by atoms with Crippen LogP contribution in [0.5, 0.6) is 0 Å². The molecule has 3 nitrogen and oxygen atoms in total. The largest absolute Gasteiger partial charge is 0.416 e. The number of nitrogens with zero attached hydrogens (tertiary/aromatic N) is 3. The number of anilines is 1. The van der Waals surface area contributed by atoms with E-state index < -0.39 is 11.7 Å². The molecule has 1 aromatic heterocycles. The standard InChI is InChI=1S/C18H18F3N3/c19-18(20,21)15-3-1-2-13(10-15)14-4-5-17(22-11-14)24-9-8-23-7-6-16(24)12-23/h1-5,10-11,16H,6-9,12H2. The Morgan fingerprint density at radius 1 is 1.00 bits per heavy atom. The van der Waals surface area contributed by atoms with Crippen molar-refractivity contribution < 1.29 is 13.2 Å². The average molecular weight is 333 g/mol. The van der Waals surface area contributed by atoms with Crippen LogP contribution in [-0.4, -0.2) is 42.1 Å². The molecule has 0 radical (unpaired) electrons. The second-order valence-corrected chi connectivity index (χ2v) is 6.42. The summed E-state index contributed by atoms with van der Waals surface area (Å²) in [6.45, 7) is 4.23. The van der Waals surface area contributed by atoms with Crippen molar-refractivity contribution in [3.63, 3.8) is 0 Å². The lowest BCUT2D eigenvalue weighted by Crippen LogP contribution is -2.47. The smallest absolute Gasteiger partial charge is 0.351 e. The molecule has 2 atom stereocenters. The highest BCUT2D eigenvalue weighted by Crippen LogP contribution is 2.32. The van der Waals surface area contributed by atoms with Gasteiger partial charge in [-0.2, -0.15) is 13.2 Å². The molecule has 2 aliphatic heterocycles. The molecule has 0 saturated carbocycles. The maximum atomic E-state index is 12.9. The van der Waals surface area contributed by atoms with Crippen molar-refractivity contribution in [2.24, 2.45) is 0 Å². The molecule has 2 unspecified atom stereocenters. The van der Waals surface area contributed by atoms with Gasteiger partial charge in [-0.15, -0.1) is 0 Å². The first-order valence-corrected chi connectivity index (χ1v) is 8.13. The van der Waals surface area contributed by atoms with Crippen LogP contribution < -0.4 is 4.90 Å². The molecule has 3 heterocycles. The molecule has 2 aromatic rings. The fourth-order valence-electron chi connectivity index (χ4n) is 3.60. The highest BCUT2D eigenvalue weighted by Gasteiger charge is 2.33. The summed E-state index contributed by atoms with van der Waals surface area (Å²) in [6, 6.07) is 9.66. The van der Waals surface area contributed by atoms with Gasteiger partial charge in [0.05, 0.1) is 5.56 Å². The maximum absolute atomic E-state index is 12.9. The minimum Gasteiger partial charge on any atom is -0.351 e. The van der Waals surface area contributed by atoms with Crippen LogP contribution in [0.2, 0.25) is 0 Å². The van der Waals surface area contributed by atoms with Crippen molar-refractivity contribution in [3.05, 3.63) is 48.2 Å². The van der Waals surface area contributed by atoms with Gasteiger partial charge in [-0.1, -0.05) is 12.1 Å². The molecule has 2 saturated heterocycles. The third-order valence-electron chi connectivity index (χ3n) is 4.91. The topological polar surface area (TPSA) is 19.4 Å². The van der Waals surface area contributed by atoms with Crippen LogP contribution in [0.15, 0.2) is 42.6 Å². The summed E-state index contributed by atoms with van der Waals surface area (Å²) in [7, 11) is 0. The lowest BCUT2D eigenvalue weighted by atomic mass is 10.0. The molecule has 0 aliphatic carbocycles. The monoisotopic (exact) mass is 333 g/mol. The summed E-state index contributed by atoms with van der Waals surface area (Å²) < 4.78 is 38.6. The van der Waals surface area contributed by atoms with Gasteiger partial charge in [-0.3, -0.25) is 4.90 Å². The minimum atomic E-state index is -4.33. The maximum Gasteiger partial charge on any atom is 0.416 e. The Bertz CT molecular complexity index is 727. The van der Waals surface area contributed by atoms with E-state index in [9.17, 15) is 13.2 Å². The number of fused-ring (bicyclic) bond motifs is 2. The van der Waals surface area contributed by atoms with E-state index in [0.29, 0.717) is 17.2 Å². The fraction of sp³-hybridized carbons (Fsp3) is 0.389. The average Bonchev–Trinajstić information content (AvgIpc) is 2.96. The molecule has 6 heteroatoms. The second-order valence-electron chi connectivity index (χ2n) is 6.42. The Morgan fingerprint density at radius 3 is 2.62 bits per heavy atom. The lowest BCUT2D eigenvalue weighted by molar-refractivity contribution is -0.137. The normalized spacial score (nSPS) is 23.5. The van der Waals surface area contributed by atoms with Crippen molar-refractivity contribution in [3.8, 4) is 11.1 Å². The van der Waals surface area contributed by atoms with Gasteiger partial charge in [-0.05, 0) is 36.2 Å². The van der Waals surface area contributed by atoms with Gasteiger partial charge >= 0.3 is 6.18 Å². The zero-order chi connectivity index (χ0) is 16.7. The lowest BCUT2D eigenvalue weighted by Gasteiger charge is -2.35. The van der Waals surface area contributed by atoms with E-state index in [1.165, 1.54) is 12.1 Å². The number of piperazine rings is 1.